The molecule has 2 aromatic heterocycles. The number of carbonyl (C=O) groups excluding carboxylic acids is 1. The summed E-state index contributed by atoms with van der Waals surface area (Å²) in [5, 5.41) is 2.94. The molecule has 4 aromatic rings. The Kier molecular flexibility index (Phi) is 6.07. The summed E-state index contributed by atoms with van der Waals surface area (Å²) in [5.41, 5.74) is 3.87. The van der Waals surface area contributed by atoms with E-state index < -0.39 is 0 Å². The number of hydrogen-bond acceptors (Lipinski definition) is 5. The molecule has 0 spiro atoms. The summed E-state index contributed by atoms with van der Waals surface area (Å²) in [6.45, 7) is 0. The molecule has 0 bridgehead atoms. The van der Waals surface area contributed by atoms with Crippen LogP contribution < -0.4 is 19.5 Å². The van der Waals surface area contributed by atoms with E-state index >= 15 is 0 Å². The molecule has 0 fully saturated rings. The van der Waals surface area contributed by atoms with Gasteiger partial charge in [-0.3, -0.25) is 4.79 Å². The Hall–Kier alpha value is -4.26. The summed E-state index contributed by atoms with van der Waals surface area (Å²) < 4.78 is 18.0. The Balaban J connectivity index is 1.57. The molecule has 0 aliphatic heterocycles. The first kappa shape index (κ1) is 21.0. The molecular formula is C25H23N3O4. The first-order valence-corrected chi connectivity index (χ1v) is 9.95. The maximum absolute atomic E-state index is 12.7. The van der Waals surface area contributed by atoms with Crippen LogP contribution in [0.4, 0.5) is 5.69 Å². The number of benzene rings is 2. The van der Waals surface area contributed by atoms with Crippen molar-refractivity contribution in [2.75, 3.05) is 26.6 Å². The average molecular weight is 429 g/mol. The molecule has 7 nitrogen and oxygen atoms in total. The van der Waals surface area contributed by atoms with Crippen LogP contribution >= 0.6 is 0 Å². The van der Waals surface area contributed by atoms with Gasteiger partial charge in [0.15, 0.2) is 11.5 Å². The Morgan fingerprint density at radius 1 is 0.969 bits per heavy atom. The number of nitrogens with zero attached hydrogens (tertiary/aromatic N) is 2. The summed E-state index contributed by atoms with van der Waals surface area (Å²) >= 11 is 0. The second-order valence-corrected chi connectivity index (χ2v) is 6.92. The fraction of sp³-hybridized carbons (Fsp3) is 0.120. The predicted molar refractivity (Wildman–Crippen MR) is 124 cm³/mol. The Labute approximate surface area is 185 Å². The van der Waals surface area contributed by atoms with Gasteiger partial charge >= 0.3 is 0 Å². The number of para-hydroxylation sites is 1. The normalized spacial score (nSPS) is 11.0. The highest BCUT2D eigenvalue weighted by molar-refractivity contribution is 6.04. The molecule has 1 amide bonds. The lowest BCUT2D eigenvalue weighted by molar-refractivity contribution is -0.111. The summed E-state index contributed by atoms with van der Waals surface area (Å²) in [6.07, 6.45) is 7.02. The van der Waals surface area contributed by atoms with Crippen molar-refractivity contribution in [3.8, 4) is 28.5 Å². The number of rotatable bonds is 7. The Morgan fingerprint density at radius 3 is 2.38 bits per heavy atom. The van der Waals surface area contributed by atoms with E-state index in [2.05, 4.69) is 10.3 Å². The summed E-state index contributed by atoms with van der Waals surface area (Å²) in [4.78, 5) is 17.3. The van der Waals surface area contributed by atoms with E-state index in [1.54, 1.807) is 39.5 Å². The third-order valence-corrected chi connectivity index (χ3v) is 4.94. The number of pyridine rings is 1. The van der Waals surface area contributed by atoms with E-state index in [1.165, 1.54) is 6.08 Å². The van der Waals surface area contributed by atoms with Gasteiger partial charge in [0.2, 0.25) is 11.7 Å². The average Bonchev–Trinajstić information content (AvgIpc) is 3.26. The number of carbonyl (C=O) groups is 1. The lowest BCUT2D eigenvalue weighted by atomic mass is 10.1. The highest BCUT2D eigenvalue weighted by Crippen LogP contribution is 2.38. The third-order valence-electron chi connectivity index (χ3n) is 4.94. The van der Waals surface area contributed by atoms with Crippen molar-refractivity contribution in [2.24, 2.45) is 0 Å². The van der Waals surface area contributed by atoms with Gasteiger partial charge in [0.1, 0.15) is 5.65 Å². The molecule has 2 aromatic carbocycles. The van der Waals surface area contributed by atoms with Crippen LogP contribution in [0, 0.1) is 0 Å². The molecule has 0 aliphatic rings. The summed E-state index contributed by atoms with van der Waals surface area (Å²) in [6, 6.07) is 16.9. The van der Waals surface area contributed by atoms with Crippen LogP contribution in [0.5, 0.6) is 17.2 Å². The van der Waals surface area contributed by atoms with Crippen LogP contribution in [-0.2, 0) is 4.79 Å². The Bertz CT molecular complexity index is 1240. The van der Waals surface area contributed by atoms with Crippen LogP contribution in [0.2, 0.25) is 0 Å². The highest BCUT2D eigenvalue weighted by Gasteiger charge is 2.13. The van der Waals surface area contributed by atoms with E-state index in [1.807, 2.05) is 59.3 Å². The predicted octanol–water partition coefficient (Wildman–Crippen LogP) is 4.68. The minimum atomic E-state index is -0.269. The smallest absolute Gasteiger partial charge is 0.248 e. The number of nitrogens with one attached hydrogen (secondary N) is 1. The lowest BCUT2D eigenvalue weighted by Crippen LogP contribution is -2.08. The van der Waals surface area contributed by atoms with Gasteiger partial charge in [0, 0.05) is 24.0 Å². The van der Waals surface area contributed by atoms with Gasteiger partial charge in [0.25, 0.3) is 0 Å². The number of amides is 1. The van der Waals surface area contributed by atoms with E-state index in [0.717, 1.165) is 22.5 Å². The molecule has 0 radical (unpaired) electrons. The number of imidazole rings is 1. The molecule has 0 aliphatic carbocycles. The molecule has 0 atom stereocenters. The first-order chi connectivity index (χ1) is 15.6. The molecular weight excluding hydrogens is 406 g/mol. The zero-order chi connectivity index (χ0) is 22.5. The van der Waals surface area contributed by atoms with Crippen LogP contribution in [0.25, 0.3) is 23.0 Å². The first-order valence-electron chi connectivity index (χ1n) is 9.95. The zero-order valence-electron chi connectivity index (χ0n) is 18.0. The van der Waals surface area contributed by atoms with Gasteiger partial charge in [-0.25, -0.2) is 4.98 Å². The van der Waals surface area contributed by atoms with Gasteiger partial charge in [-0.15, -0.1) is 0 Å². The van der Waals surface area contributed by atoms with E-state index in [0.29, 0.717) is 22.9 Å². The molecule has 162 valence electrons. The maximum atomic E-state index is 12.7. The van der Waals surface area contributed by atoms with Gasteiger partial charge in [0.05, 0.1) is 32.7 Å². The van der Waals surface area contributed by atoms with Crippen molar-refractivity contribution in [1.29, 1.82) is 0 Å². The number of anilines is 1. The van der Waals surface area contributed by atoms with Gasteiger partial charge in [-0.1, -0.05) is 24.3 Å². The topological polar surface area (TPSA) is 74.1 Å². The van der Waals surface area contributed by atoms with Crippen LogP contribution in [0.1, 0.15) is 5.56 Å². The molecule has 32 heavy (non-hydrogen) atoms. The zero-order valence-corrected chi connectivity index (χ0v) is 18.0. The van der Waals surface area contributed by atoms with Gasteiger partial charge in [-0.2, -0.15) is 0 Å². The van der Waals surface area contributed by atoms with Crippen molar-refractivity contribution < 1.29 is 19.0 Å². The fourth-order valence-electron chi connectivity index (χ4n) is 3.42. The standard InChI is InChI=1S/C25H23N3O4/c1-30-21-14-17(15-22(31-2)25(21)32-3)11-12-24(29)27-19-9-5-4-8-18(19)20-16-28-13-7-6-10-23(28)26-20/h4-16H,1-3H3,(H,27,29)/b12-11+. The molecule has 0 unspecified atom stereocenters. The van der Waals surface area contributed by atoms with Crippen LogP contribution in [0.3, 0.4) is 0 Å². The molecule has 1 N–H and O–H groups in total. The SMILES string of the molecule is COc1cc(/C=C/C(=O)Nc2ccccc2-c2cn3ccccc3n2)cc(OC)c1OC. The van der Waals surface area contributed by atoms with E-state index in [9.17, 15) is 4.79 Å². The maximum Gasteiger partial charge on any atom is 0.248 e. The molecule has 0 saturated carbocycles. The van der Waals surface area contributed by atoms with Gasteiger partial charge < -0.3 is 23.9 Å². The van der Waals surface area contributed by atoms with Crippen LogP contribution in [-0.4, -0.2) is 36.6 Å². The number of aromatic nitrogens is 2. The monoisotopic (exact) mass is 429 g/mol. The van der Waals surface area contributed by atoms with Crippen molar-refractivity contribution >= 4 is 23.3 Å². The number of fused-ring (bicyclic) bond motifs is 1. The second kappa shape index (κ2) is 9.26. The van der Waals surface area contributed by atoms with E-state index in [-0.39, 0.29) is 5.91 Å². The molecule has 7 heteroatoms. The second-order valence-electron chi connectivity index (χ2n) is 6.92. The van der Waals surface area contributed by atoms with Crippen LogP contribution in [0.15, 0.2) is 73.1 Å². The van der Waals surface area contributed by atoms with Crippen molar-refractivity contribution in [2.45, 2.75) is 0 Å². The largest absolute Gasteiger partial charge is 0.493 e. The minimum Gasteiger partial charge on any atom is -0.493 e. The summed E-state index contributed by atoms with van der Waals surface area (Å²) in [7, 11) is 4.64. The lowest BCUT2D eigenvalue weighted by Gasteiger charge is -2.12. The van der Waals surface area contributed by atoms with Crippen molar-refractivity contribution in [3.05, 3.63) is 78.6 Å². The van der Waals surface area contributed by atoms with E-state index in [4.69, 9.17) is 14.2 Å². The highest BCUT2D eigenvalue weighted by atomic mass is 16.5. The Morgan fingerprint density at radius 2 is 1.69 bits per heavy atom. The number of hydrogen-bond donors (Lipinski definition) is 1. The number of methoxy groups -OCH3 is 3. The quantitative estimate of drug-likeness (QED) is 0.432. The van der Waals surface area contributed by atoms with Gasteiger partial charge in [-0.05, 0) is 42.0 Å². The fourth-order valence-corrected chi connectivity index (χ4v) is 3.42. The molecule has 2 heterocycles. The molecule has 4 rings (SSSR count). The third kappa shape index (κ3) is 4.27. The van der Waals surface area contributed by atoms with Crippen molar-refractivity contribution in [3.63, 3.8) is 0 Å². The summed E-state index contributed by atoms with van der Waals surface area (Å²) in [5.74, 6) is 1.26. The molecule has 0 saturated heterocycles. The number of ether oxygens (including phenoxy) is 3. The minimum absolute atomic E-state index is 0.269. The van der Waals surface area contributed by atoms with Crippen molar-refractivity contribution in [1.82, 2.24) is 9.38 Å².